The van der Waals surface area contributed by atoms with Gasteiger partial charge in [0.2, 0.25) is 5.91 Å². The molecular formula is C20H19F6N3O2. The molecule has 2 heterocycles. The third-order valence-electron chi connectivity index (χ3n) is 5.25. The quantitative estimate of drug-likeness (QED) is 0.729. The molecule has 1 saturated heterocycles. The first-order chi connectivity index (χ1) is 14.3. The van der Waals surface area contributed by atoms with Gasteiger partial charge in [0, 0.05) is 50.4 Å². The minimum atomic E-state index is -5.93. The highest BCUT2D eigenvalue weighted by Gasteiger charge is 2.71. The van der Waals surface area contributed by atoms with Gasteiger partial charge in [-0.05, 0) is 17.7 Å². The van der Waals surface area contributed by atoms with E-state index in [4.69, 9.17) is 0 Å². The number of pyridine rings is 1. The number of benzene rings is 1. The van der Waals surface area contributed by atoms with Crippen LogP contribution in [0.3, 0.4) is 0 Å². The summed E-state index contributed by atoms with van der Waals surface area (Å²) in [4.78, 5) is 19.4. The Balaban J connectivity index is 1.78. The van der Waals surface area contributed by atoms with E-state index in [2.05, 4.69) is 4.98 Å². The SMILES string of the molecule is CC(=O)N1CCN(c2ccc(-c3ccc(C(O)(C(F)(F)F)C(F)(F)F)cc3)cn2)CC1. The van der Waals surface area contributed by atoms with Crippen LogP contribution in [0.4, 0.5) is 32.2 Å². The summed E-state index contributed by atoms with van der Waals surface area (Å²) < 4.78 is 78.0. The highest BCUT2D eigenvalue weighted by molar-refractivity contribution is 5.73. The van der Waals surface area contributed by atoms with Gasteiger partial charge in [-0.25, -0.2) is 4.98 Å². The van der Waals surface area contributed by atoms with Crippen molar-refractivity contribution >= 4 is 11.7 Å². The van der Waals surface area contributed by atoms with Crippen LogP contribution >= 0.6 is 0 Å². The minimum absolute atomic E-state index is 0.00523. The van der Waals surface area contributed by atoms with Gasteiger partial charge in [-0.1, -0.05) is 24.3 Å². The van der Waals surface area contributed by atoms with Crippen LogP contribution in [-0.4, -0.2) is 59.4 Å². The van der Waals surface area contributed by atoms with Gasteiger partial charge in [-0.15, -0.1) is 0 Å². The van der Waals surface area contributed by atoms with Gasteiger partial charge in [0.15, 0.2) is 0 Å². The number of rotatable bonds is 3. The second-order valence-electron chi connectivity index (χ2n) is 7.18. The molecule has 0 radical (unpaired) electrons. The molecule has 1 amide bonds. The van der Waals surface area contributed by atoms with E-state index in [0.717, 1.165) is 12.1 Å². The second-order valence-corrected chi connectivity index (χ2v) is 7.18. The predicted octanol–water partition coefficient (Wildman–Crippen LogP) is 3.73. The molecule has 0 bridgehead atoms. The first-order valence-corrected chi connectivity index (χ1v) is 9.28. The summed E-state index contributed by atoms with van der Waals surface area (Å²) in [6.45, 7) is 3.80. The molecule has 1 aliphatic heterocycles. The van der Waals surface area contributed by atoms with Crippen molar-refractivity contribution in [3.05, 3.63) is 48.2 Å². The fourth-order valence-electron chi connectivity index (χ4n) is 3.39. The summed E-state index contributed by atoms with van der Waals surface area (Å²) >= 11 is 0. The highest BCUT2D eigenvalue weighted by atomic mass is 19.4. The number of hydrogen-bond acceptors (Lipinski definition) is 4. The van der Waals surface area contributed by atoms with Crippen LogP contribution in [0.25, 0.3) is 11.1 Å². The van der Waals surface area contributed by atoms with Crippen LogP contribution in [0.1, 0.15) is 12.5 Å². The van der Waals surface area contributed by atoms with Crippen molar-refractivity contribution in [2.75, 3.05) is 31.1 Å². The summed E-state index contributed by atoms with van der Waals surface area (Å²) in [6, 6.07) is 6.68. The van der Waals surface area contributed by atoms with Crippen LogP contribution in [0.2, 0.25) is 0 Å². The number of aromatic nitrogens is 1. The van der Waals surface area contributed by atoms with Gasteiger partial charge in [0.1, 0.15) is 5.82 Å². The number of alkyl halides is 6. The maximum atomic E-state index is 13.0. The fraction of sp³-hybridized carbons (Fsp3) is 0.400. The molecule has 168 valence electrons. The zero-order valence-corrected chi connectivity index (χ0v) is 16.3. The van der Waals surface area contributed by atoms with Crippen molar-refractivity contribution in [1.29, 1.82) is 0 Å². The monoisotopic (exact) mass is 447 g/mol. The molecule has 1 aromatic heterocycles. The molecule has 5 nitrogen and oxygen atoms in total. The number of halogens is 6. The summed E-state index contributed by atoms with van der Waals surface area (Å²) in [6.07, 6.45) is -10.4. The van der Waals surface area contributed by atoms with Crippen LogP contribution in [0.15, 0.2) is 42.6 Å². The Bertz CT molecular complexity index is 904. The van der Waals surface area contributed by atoms with Crippen LogP contribution in [0.5, 0.6) is 0 Å². The Labute approximate surface area is 173 Å². The van der Waals surface area contributed by atoms with Crippen molar-refractivity contribution in [3.8, 4) is 11.1 Å². The number of piperazine rings is 1. The van der Waals surface area contributed by atoms with Gasteiger partial charge < -0.3 is 14.9 Å². The zero-order valence-electron chi connectivity index (χ0n) is 16.3. The van der Waals surface area contributed by atoms with Gasteiger partial charge >= 0.3 is 12.4 Å². The molecule has 31 heavy (non-hydrogen) atoms. The van der Waals surface area contributed by atoms with Crippen LogP contribution in [0, 0.1) is 0 Å². The van der Waals surface area contributed by atoms with Crippen LogP contribution < -0.4 is 4.90 Å². The Morgan fingerprint density at radius 2 is 1.39 bits per heavy atom. The number of nitrogens with zero attached hydrogens (tertiary/aromatic N) is 3. The summed E-state index contributed by atoms with van der Waals surface area (Å²) in [7, 11) is 0. The van der Waals surface area contributed by atoms with E-state index in [0.29, 0.717) is 55.3 Å². The number of hydrogen-bond donors (Lipinski definition) is 1. The summed E-state index contributed by atoms with van der Waals surface area (Å²) in [5, 5.41) is 9.46. The minimum Gasteiger partial charge on any atom is -0.369 e. The normalized spacial score (nSPS) is 15.9. The Kier molecular flexibility index (Phi) is 5.92. The second kappa shape index (κ2) is 8.03. The fourth-order valence-corrected chi connectivity index (χ4v) is 3.39. The molecule has 3 rings (SSSR count). The lowest BCUT2D eigenvalue weighted by atomic mass is 9.91. The van der Waals surface area contributed by atoms with E-state index in [1.165, 1.54) is 13.1 Å². The maximum Gasteiger partial charge on any atom is 0.430 e. The number of aliphatic hydroxyl groups is 1. The largest absolute Gasteiger partial charge is 0.430 e. The van der Waals surface area contributed by atoms with Gasteiger partial charge in [0.05, 0.1) is 0 Å². The topological polar surface area (TPSA) is 56.7 Å². The first-order valence-electron chi connectivity index (χ1n) is 9.28. The van der Waals surface area contributed by atoms with E-state index < -0.39 is 23.5 Å². The summed E-state index contributed by atoms with van der Waals surface area (Å²) in [5.74, 6) is 0.640. The predicted molar refractivity (Wildman–Crippen MR) is 100 cm³/mol. The lowest BCUT2D eigenvalue weighted by molar-refractivity contribution is -0.376. The lowest BCUT2D eigenvalue weighted by Gasteiger charge is -2.34. The molecule has 1 fully saturated rings. The molecule has 0 aliphatic carbocycles. The molecule has 1 aromatic carbocycles. The number of carbonyl (C=O) groups is 1. The molecule has 0 spiro atoms. The number of anilines is 1. The standard InChI is InChI=1S/C20H19F6N3O2/c1-13(30)28-8-10-29(11-9-28)17-7-4-15(12-27-17)14-2-5-16(6-3-14)18(31,19(21,22)23)20(24,25)26/h2-7,12,31H,8-11H2,1H3. The Hall–Kier alpha value is -2.82. The van der Waals surface area contributed by atoms with Crippen molar-refractivity contribution in [3.63, 3.8) is 0 Å². The molecule has 0 unspecified atom stereocenters. The average molecular weight is 447 g/mol. The molecule has 0 atom stereocenters. The van der Waals surface area contributed by atoms with E-state index in [9.17, 15) is 36.2 Å². The molecule has 11 heteroatoms. The molecule has 1 N–H and O–H groups in total. The molecule has 0 saturated carbocycles. The van der Waals surface area contributed by atoms with E-state index in [-0.39, 0.29) is 5.91 Å². The molecule has 2 aromatic rings. The Morgan fingerprint density at radius 3 is 1.81 bits per heavy atom. The molecule has 1 aliphatic rings. The van der Waals surface area contributed by atoms with E-state index in [1.807, 2.05) is 4.90 Å². The van der Waals surface area contributed by atoms with Gasteiger partial charge in [-0.3, -0.25) is 4.79 Å². The van der Waals surface area contributed by atoms with Crippen molar-refractivity contribution in [1.82, 2.24) is 9.88 Å². The number of amides is 1. The Morgan fingerprint density at radius 1 is 0.871 bits per heavy atom. The smallest absolute Gasteiger partial charge is 0.369 e. The third kappa shape index (κ3) is 4.32. The third-order valence-corrected chi connectivity index (χ3v) is 5.25. The van der Waals surface area contributed by atoms with E-state index >= 15 is 0 Å². The summed E-state index contributed by atoms with van der Waals surface area (Å²) in [5.41, 5.74) is -5.44. The first kappa shape index (κ1) is 22.9. The average Bonchev–Trinajstić information content (AvgIpc) is 2.72. The van der Waals surface area contributed by atoms with E-state index in [1.54, 1.807) is 17.0 Å². The van der Waals surface area contributed by atoms with Gasteiger partial charge in [0.25, 0.3) is 5.60 Å². The maximum absolute atomic E-state index is 13.0. The molecular weight excluding hydrogens is 428 g/mol. The highest BCUT2D eigenvalue weighted by Crippen LogP contribution is 2.50. The lowest BCUT2D eigenvalue weighted by Crippen LogP contribution is -2.53. The zero-order chi connectivity index (χ0) is 23.0. The number of carbonyl (C=O) groups excluding carboxylic acids is 1. The van der Waals surface area contributed by atoms with Crippen molar-refractivity contribution in [2.24, 2.45) is 0 Å². The van der Waals surface area contributed by atoms with Crippen molar-refractivity contribution < 1.29 is 36.2 Å². The van der Waals surface area contributed by atoms with Crippen LogP contribution in [-0.2, 0) is 10.4 Å². The van der Waals surface area contributed by atoms with Gasteiger partial charge in [-0.2, -0.15) is 26.3 Å². The van der Waals surface area contributed by atoms with Crippen molar-refractivity contribution in [2.45, 2.75) is 24.9 Å².